The van der Waals surface area contributed by atoms with Crippen molar-refractivity contribution in [3.63, 3.8) is 0 Å². The summed E-state index contributed by atoms with van der Waals surface area (Å²) in [5, 5.41) is 3.35. The standard InChI is InChI=1S/C23H22ClFN2O3S/c1-31(29,30)27(22-12-8-20(24)9-13-22)16-18-2-6-19(7-3-18)23(28)26-15-14-17-4-10-21(25)11-5-17/h2-13H,14-16H2,1H3,(H,26,28). The van der Waals surface area contributed by atoms with Gasteiger partial charge < -0.3 is 5.32 Å². The second kappa shape index (κ2) is 9.94. The smallest absolute Gasteiger partial charge is 0.251 e. The predicted octanol–water partition coefficient (Wildman–Crippen LogP) is 4.42. The van der Waals surface area contributed by atoms with Crippen LogP contribution in [0.15, 0.2) is 72.8 Å². The van der Waals surface area contributed by atoms with E-state index in [0.29, 0.717) is 29.2 Å². The Hall–Kier alpha value is -2.90. The van der Waals surface area contributed by atoms with Crippen LogP contribution in [-0.4, -0.2) is 27.1 Å². The Labute approximate surface area is 186 Å². The number of hydrogen-bond donors (Lipinski definition) is 1. The van der Waals surface area contributed by atoms with Crippen molar-refractivity contribution < 1.29 is 17.6 Å². The lowest BCUT2D eigenvalue weighted by Crippen LogP contribution is -2.29. The normalized spacial score (nSPS) is 11.2. The molecule has 0 heterocycles. The van der Waals surface area contributed by atoms with Gasteiger partial charge >= 0.3 is 0 Å². The van der Waals surface area contributed by atoms with Crippen molar-refractivity contribution in [2.45, 2.75) is 13.0 Å². The lowest BCUT2D eigenvalue weighted by Gasteiger charge is -2.22. The van der Waals surface area contributed by atoms with E-state index in [0.717, 1.165) is 17.4 Å². The Morgan fingerprint density at radius 1 is 0.935 bits per heavy atom. The highest BCUT2D eigenvalue weighted by Crippen LogP contribution is 2.23. The molecule has 162 valence electrons. The molecule has 5 nitrogen and oxygen atoms in total. The van der Waals surface area contributed by atoms with Crippen molar-refractivity contribution >= 4 is 33.2 Å². The number of benzene rings is 3. The van der Waals surface area contributed by atoms with Crippen molar-refractivity contribution in [1.82, 2.24) is 5.32 Å². The molecule has 0 radical (unpaired) electrons. The molecule has 1 amide bonds. The average molecular weight is 461 g/mol. The number of amides is 1. The van der Waals surface area contributed by atoms with Crippen molar-refractivity contribution in [1.29, 1.82) is 0 Å². The number of rotatable bonds is 8. The lowest BCUT2D eigenvalue weighted by molar-refractivity contribution is 0.0954. The van der Waals surface area contributed by atoms with Gasteiger partial charge in [0.15, 0.2) is 0 Å². The third-order valence-electron chi connectivity index (χ3n) is 4.67. The molecule has 0 aliphatic carbocycles. The van der Waals surface area contributed by atoms with Crippen LogP contribution in [-0.2, 0) is 23.0 Å². The van der Waals surface area contributed by atoms with Gasteiger partial charge in [-0.15, -0.1) is 0 Å². The maximum Gasteiger partial charge on any atom is 0.251 e. The zero-order valence-corrected chi connectivity index (χ0v) is 18.5. The molecular weight excluding hydrogens is 439 g/mol. The molecule has 3 aromatic rings. The summed E-state index contributed by atoms with van der Waals surface area (Å²) in [6.07, 6.45) is 1.74. The van der Waals surface area contributed by atoms with E-state index >= 15 is 0 Å². The number of halogens is 2. The molecule has 0 aromatic heterocycles. The van der Waals surface area contributed by atoms with Gasteiger partial charge in [-0.05, 0) is 66.1 Å². The van der Waals surface area contributed by atoms with Crippen LogP contribution in [0.4, 0.5) is 10.1 Å². The zero-order valence-electron chi connectivity index (χ0n) is 16.9. The minimum atomic E-state index is -3.51. The summed E-state index contributed by atoms with van der Waals surface area (Å²) in [5.41, 5.74) is 2.65. The molecule has 0 saturated carbocycles. The zero-order chi connectivity index (χ0) is 22.4. The molecule has 3 aromatic carbocycles. The number of carbonyl (C=O) groups excluding carboxylic acids is 1. The van der Waals surface area contributed by atoms with Gasteiger partial charge in [-0.2, -0.15) is 0 Å². The van der Waals surface area contributed by atoms with E-state index in [2.05, 4.69) is 5.32 Å². The second-order valence-electron chi connectivity index (χ2n) is 7.08. The minimum Gasteiger partial charge on any atom is -0.352 e. The first-order chi connectivity index (χ1) is 14.7. The number of nitrogens with zero attached hydrogens (tertiary/aromatic N) is 1. The summed E-state index contributed by atoms with van der Waals surface area (Å²) >= 11 is 5.89. The van der Waals surface area contributed by atoms with E-state index < -0.39 is 10.0 Å². The van der Waals surface area contributed by atoms with Crippen LogP contribution in [0.5, 0.6) is 0 Å². The van der Waals surface area contributed by atoms with Crippen LogP contribution in [0.1, 0.15) is 21.5 Å². The van der Waals surface area contributed by atoms with E-state index in [4.69, 9.17) is 11.6 Å². The minimum absolute atomic E-state index is 0.132. The van der Waals surface area contributed by atoms with Gasteiger partial charge in [0.25, 0.3) is 5.91 Å². The average Bonchev–Trinajstić information content (AvgIpc) is 2.74. The fourth-order valence-corrected chi connectivity index (χ4v) is 4.02. The van der Waals surface area contributed by atoms with Gasteiger partial charge in [-0.3, -0.25) is 9.10 Å². The van der Waals surface area contributed by atoms with E-state index in [1.165, 1.54) is 16.4 Å². The molecule has 0 unspecified atom stereocenters. The van der Waals surface area contributed by atoms with Crippen LogP contribution in [0.3, 0.4) is 0 Å². The number of nitrogens with one attached hydrogen (secondary N) is 1. The third-order valence-corrected chi connectivity index (χ3v) is 6.06. The Morgan fingerprint density at radius 3 is 2.10 bits per heavy atom. The molecule has 0 aliphatic heterocycles. The number of carbonyl (C=O) groups is 1. The summed E-state index contributed by atoms with van der Waals surface area (Å²) in [6.45, 7) is 0.553. The first-order valence-electron chi connectivity index (χ1n) is 9.57. The monoisotopic (exact) mass is 460 g/mol. The Bertz CT molecular complexity index is 1130. The highest BCUT2D eigenvalue weighted by atomic mass is 35.5. The van der Waals surface area contributed by atoms with Crippen LogP contribution in [0.25, 0.3) is 0 Å². The maximum absolute atomic E-state index is 12.9. The van der Waals surface area contributed by atoms with Crippen molar-refractivity contribution in [3.05, 3.63) is 100 Å². The molecule has 0 fully saturated rings. The lowest BCUT2D eigenvalue weighted by atomic mass is 10.1. The van der Waals surface area contributed by atoms with Crippen LogP contribution in [0, 0.1) is 5.82 Å². The summed E-state index contributed by atoms with van der Waals surface area (Å²) in [4.78, 5) is 12.3. The molecule has 0 bridgehead atoms. The van der Waals surface area contributed by atoms with Gasteiger partial charge in [-0.1, -0.05) is 35.9 Å². The largest absolute Gasteiger partial charge is 0.352 e. The highest BCUT2D eigenvalue weighted by molar-refractivity contribution is 7.92. The van der Waals surface area contributed by atoms with Crippen molar-refractivity contribution in [3.8, 4) is 0 Å². The highest BCUT2D eigenvalue weighted by Gasteiger charge is 2.18. The van der Waals surface area contributed by atoms with E-state index in [9.17, 15) is 17.6 Å². The van der Waals surface area contributed by atoms with Gasteiger partial charge in [0.05, 0.1) is 18.5 Å². The quantitative estimate of drug-likeness (QED) is 0.541. The summed E-state index contributed by atoms with van der Waals surface area (Å²) in [5.74, 6) is -0.523. The molecule has 0 saturated heterocycles. The summed E-state index contributed by atoms with van der Waals surface area (Å²) < 4.78 is 38.7. The first kappa shape index (κ1) is 22.8. The number of anilines is 1. The topological polar surface area (TPSA) is 66.5 Å². The molecule has 0 atom stereocenters. The fourth-order valence-electron chi connectivity index (χ4n) is 3.01. The molecule has 0 spiro atoms. The maximum atomic E-state index is 12.9. The van der Waals surface area contributed by atoms with Crippen LogP contribution >= 0.6 is 11.6 Å². The van der Waals surface area contributed by atoms with E-state index in [-0.39, 0.29) is 18.3 Å². The molecule has 1 N–H and O–H groups in total. The van der Waals surface area contributed by atoms with Crippen LogP contribution < -0.4 is 9.62 Å². The Morgan fingerprint density at radius 2 is 1.52 bits per heavy atom. The molecule has 31 heavy (non-hydrogen) atoms. The second-order valence-corrected chi connectivity index (χ2v) is 9.42. The van der Waals surface area contributed by atoms with Crippen molar-refractivity contribution in [2.75, 3.05) is 17.1 Å². The SMILES string of the molecule is CS(=O)(=O)N(Cc1ccc(C(=O)NCCc2ccc(F)cc2)cc1)c1ccc(Cl)cc1. The van der Waals surface area contributed by atoms with Gasteiger partial charge in [-0.25, -0.2) is 12.8 Å². The first-order valence-corrected chi connectivity index (χ1v) is 11.8. The van der Waals surface area contributed by atoms with Gasteiger partial charge in [0.1, 0.15) is 5.82 Å². The Kier molecular flexibility index (Phi) is 7.30. The fraction of sp³-hybridized carbons (Fsp3) is 0.174. The van der Waals surface area contributed by atoms with Crippen LogP contribution in [0.2, 0.25) is 5.02 Å². The summed E-state index contributed by atoms with van der Waals surface area (Å²) in [6, 6.07) is 19.5. The third kappa shape index (κ3) is 6.54. The number of hydrogen-bond acceptors (Lipinski definition) is 3. The predicted molar refractivity (Wildman–Crippen MR) is 121 cm³/mol. The van der Waals surface area contributed by atoms with E-state index in [1.807, 2.05) is 0 Å². The van der Waals surface area contributed by atoms with Gasteiger partial charge in [0.2, 0.25) is 10.0 Å². The van der Waals surface area contributed by atoms with E-state index in [1.54, 1.807) is 60.7 Å². The number of sulfonamides is 1. The Balaban J connectivity index is 1.62. The molecule has 8 heteroatoms. The molecule has 3 rings (SSSR count). The van der Waals surface area contributed by atoms with Crippen molar-refractivity contribution in [2.24, 2.45) is 0 Å². The van der Waals surface area contributed by atoms with Gasteiger partial charge in [0, 0.05) is 17.1 Å². The molecule has 0 aliphatic rings. The molecular formula is C23H22ClFN2O3S. The summed E-state index contributed by atoms with van der Waals surface area (Å²) in [7, 11) is -3.51.